The Morgan fingerprint density at radius 2 is 1.84 bits per heavy atom. The number of nitrogens with zero attached hydrogens (tertiary/aromatic N) is 1. The minimum atomic E-state index is -0.161. The lowest BCUT2D eigenvalue weighted by molar-refractivity contribution is 0.102. The van der Waals surface area contributed by atoms with E-state index >= 15 is 0 Å². The number of carbonyl (C=O) groups excluding carboxylic acids is 1. The fourth-order valence-corrected chi connectivity index (χ4v) is 3.06. The minimum absolute atomic E-state index is 0.161. The molecule has 3 rings (SSSR count). The number of hydrogen-bond acceptors (Lipinski definition) is 3. The molecule has 1 amide bonds. The number of para-hydroxylation sites is 1. The van der Waals surface area contributed by atoms with E-state index in [0.29, 0.717) is 10.7 Å². The molecule has 2 aromatic carbocycles. The van der Waals surface area contributed by atoms with Gasteiger partial charge < -0.3 is 0 Å². The van der Waals surface area contributed by atoms with E-state index < -0.39 is 0 Å². The number of aromatic nitrogens is 1. The van der Waals surface area contributed by atoms with Crippen LogP contribution in [0.4, 0.5) is 5.13 Å². The van der Waals surface area contributed by atoms with E-state index in [4.69, 9.17) is 0 Å². The molecular formula is C14H9BrN2OS. The van der Waals surface area contributed by atoms with Crippen molar-refractivity contribution in [1.82, 2.24) is 4.98 Å². The molecule has 19 heavy (non-hydrogen) atoms. The van der Waals surface area contributed by atoms with E-state index in [2.05, 4.69) is 26.2 Å². The molecular weight excluding hydrogens is 324 g/mol. The summed E-state index contributed by atoms with van der Waals surface area (Å²) in [5, 5.41) is 3.44. The highest BCUT2D eigenvalue weighted by atomic mass is 79.9. The first-order valence-corrected chi connectivity index (χ1v) is 7.26. The van der Waals surface area contributed by atoms with Crippen LogP contribution in [-0.4, -0.2) is 10.9 Å². The highest BCUT2D eigenvalue weighted by Gasteiger charge is 2.11. The summed E-state index contributed by atoms with van der Waals surface area (Å²) in [6.45, 7) is 0. The van der Waals surface area contributed by atoms with Crippen molar-refractivity contribution in [3.8, 4) is 0 Å². The summed E-state index contributed by atoms with van der Waals surface area (Å²) in [6, 6.07) is 15.1. The normalized spacial score (nSPS) is 10.6. The fraction of sp³-hybridized carbons (Fsp3) is 0. The number of hydrogen-bond donors (Lipinski definition) is 1. The van der Waals surface area contributed by atoms with Crippen LogP contribution in [0.2, 0.25) is 0 Å². The van der Waals surface area contributed by atoms with Crippen molar-refractivity contribution < 1.29 is 4.79 Å². The zero-order chi connectivity index (χ0) is 13.2. The molecule has 3 nitrogen and oxygen atoms in total. The summed E-state index contributed by atoms with van der Waals surface area (Å²) in [5.74, 6) is -0.161. The standard InChI is InChI=1S/C14H9BrN2OS/c15-10-6-2-1-5-9(10)13(18)17-14-16-11-7-3-4-8-12(11)19-14/h1-8H,(H,16,17,18). The molecule has 3 aromatic rings. The van der Waals surface area contributed by atoms with Crippen LogP contribution in [0.3, 0.4) is 0 Å². The Bertz CT molecular complexity index is 721. The number of benzene rings is 2. The van der Waals surface area contributed by atoms with E-state index in [0.717, 1.165) is 14.7 Å². The first kappa shape index (κ1) is 12.3. The topological polar surface area (TPSA) is 42.0 Å². The number of carbonyl (C=O) groups is 1. The number of anilines is 1. The van der Waals surface area contributed by atoms with E-state index in [-0.39, 0.29) is 5.91 Å². The third-order valence-corrected chi connectivity index (χ3v) is 4.28. The number of nitrogens with one attached hydrogen (secondary N) is 1. The SMILES string of the molecule is O=C(Nc1nc2ccccc2s1)c1ccccc1Br. The minimum Gasteiger partial charge on any atom is -0.298 e. The molecule has 0 saturated heterocycles. The molecule has 5 heteroatoms. The maximum absolute atomic E-state index is 12.1. The van der Waals surface area contributed by atoms with Crippen LogP contribution in [0.5, 0.6) is 0 Å². The highest BCUT2D eigenvalue weighted by Crippen LogP contribution is 2.26. The number of thiazole rings is 1. The number of amides is 1. The predicted molar refractivity (Wildman–Crippen MR) is 81.7 cm³/mol. The quantitative estimate of drug-likeness (QED) is 0.759. The average Bonchev–Trinajstić information content (AvgIpc) is 2.81. The summed E-state index contributed by atoms with van der Waals surface area (Å²) in [5.41, 5.74) is 1.50. The van der Waals surface area contributed by atoms with Gasteiger partial charge in [0.15, 0.2) is 5.13 Å². The molecule has 0 radical (unpaired) electrons. The molecule has 0 aliphatic heterocycles. The smallest absolute Gasteiger partial charge is 0.258 e. The maximum atomic E-state index is 12.1. The van der Waals surface area contributed by atoms with Crippen LogP contribution < -0.4 is 5.32 Å². The molecule has 0 unspecified atom stereocenters. The van der Waals surface area contributed by atoms with Crippen LogP contribution in [0.15, 0.2) is 53.0 Å². The van der Waals surface area contributed by atoms with Gasteiger partial charge in [0, 0.05) is 4.47 Å². The Labute approximate surface area is 122 Å². The van der Waals surface area contributed by atoms with E-state index in [1.165, 1.54) is 11.3 Å². The largest absolute Gasteiger partial charge is 0.298 e. The van der Waals surface area contributed by atoms with Crippen molar-refractivity contribution >= 4 is 48.5 Å². The lowest BCUT2D eigenvalue weighted by atomic mass is 10.2. The van der Waals surface area contributed by atoms with Gasteiger partial charge in [0.1, 0.15) is 0 Å². The van der Waals surface area contributed by atoms with Gasteiger partial charge >= 0.3 is 0 Å². The van der Waals surface area contributed by atoms with Crippen molar-refractivity contribution in [1.29, 1.82) is 0 Å². The molecule has 1 aromatic heterocycles. The van der Waals surface area contributed by atoms with Gasteiger partial charge in [-0.3, -0.25) is 10.1 Å². The number of halogens is 1. The molecule has 0 spiro atoms. The second kappa shape index (κ2) is 5.11. The third-order valence-electron chi connectivity index (χ3n) is 2.63. The zero-order valence-corrected chi connectivity index (χ0v) is 12.2. The predicted octanol–water partition coefficient (Wildman–Crippen LogP) is 4.31. The maximum Gasteiger partial charge on any atom is 0.258 e. The van der Waals surface area contributed by atoms with Gasteiger partial charge in [-0.05, 0) is 40.2 Å². The van der Waals surface area contributed by atoms with Crippen molar-refractivity contribution in [3.63, 3.8) is 0 Å². The van der Waals surface area contributed by atoms with Crippen molar-refractivity contribution in [2.24, 2.45) is 0 Å². The van der Waals surface area contributed by atoms with Crippen LogP contribution in [-0.2, 0) is 0 Å². The summed E-state index contributed by atoms with van der Waals surface area (Å²) in [4.78, 5) is 16.5. The Hall–Kier alpha value is -1.72. The highest BCUT2D eigenvalue weighted by molar-refractivity contribution is 9.10. The molecule has 0 bridgehead atoms. The van der Waals surface area contributed by atoms with Crippen LogP contribution in [0, 0.1) is 0 Å². The molecule has 0 atom stereocenters. The van der Waals surface area contributed by atoms with Crippen LogP contribution in [0.25, 0.3) is 10.2 Å². The number of rotatable bonds is 2. The number of fused-ring (bicyclic) bond motifs is 1. The van der Waals surface area contributed by atoms with E-state index in [1.54, 1.807) is 6.07 Å². The first-order chi connectivity index (χ1) is 9.24. The van der Waals surface area contributed by atoms with E-state index in [9.17, 15) is 4.79 Å². The van der Waals surface area contributed by atoms with Crippen molar-refractivity contribution in [3.05, 3.63) is 58.6 Å². The molecule has 1 N–H and O–H groups in total. The van der Waals surface area contributed by atoms with Gasteiger partial charge in [-0.2, -0.15) is 0 Å². The lowest BCUT2D eigenvalue weighted by Gasteiger charge is -2.03. The van der Waals surface area contributed by atoms with Crippen LogP contribution >= 0.6 is 27.3 Å². The second-order valence-electron chi connectivity index (χ2n) is 3.92. The summed E-state index contributed by atoms with van der Waals surface area (Å²) in [6.07, 6.45) is 0. The zero-order valence-electron chi connectivity index (χ0n) is 9.76. The summed E-state index contributed by atoms with van der Waals surface area (Å²) >= 11 is 4.83. The molecule has 0 aliphatic carbocycles. The molecule has 1 heterocycles. The summed E-state index contributed by atoms with van der Waals surface area (Å²) in [7, 11) is 0. The van der Waals surface area contributed by atoms with Gasteiger partial charge in [0.25, 0.3) is 5.91 Å². The van der Waals surface area contributed by atoms with Gasteiger partial charge in [0.05, 0.1) is 15.8 Å². The monoisotopic (exact) mass is 332 g/mol. The Balaban J connectivity index is 1.89. The van der Waals surface area contributed by atoms with Crippen LogP contribution in [0.1, 0.15) is 10.4 Å². The fourth-order valence-electron chi connectivity index (χ4n) is 1.74. The van der Waals surface area contributed by atoms with Gasteiger partial charge in [0.2, 0.25) is 0 Å². The Morgan fingerprint density at radius 1 is 1.11 bits per heavy atom. The van der Waals surface area contributed by atoms with E-state index in [1.807, 2.05) is 42.5 Å². The second-order valence-corrected chi connectivity index (χ2v) is 5.81. The molecule has 94 valence electrons. The van der Waals surface area contributed by atoms with Crippen molar-refractivity contribution in [2.75, 3.05) is 5.32 Å². The first-order valence-electron chi connectivity index (χ1n) is 5.65. The molecule has 0 fully saturated rings. The van der Waals surface area contributed by atoms with Crippen molar-refractivity contribution in [2.45, 2.75) is 0 Å². The average molecular weight is 333 g/mol. The lowest BCUT2D eigenvalue weighted by Crippen LogP contribution is -2.12. The third kappa shape index (κ3) is 2.52. The summed E-state index contributed by atoms with van der Waals surface area (Å²) < 4.78 is 1.83. The molecule has 0 aliphatic rings. The Kier molecular flexibility index (Phi) is 3.31. The Morgan fingerprint density at radius 3 is 2.63 bits per heavy atom. The molecule has 0 saturated carbocycles. The van der Waals surface area contributed by atoms with Gasteiger partial charge in [-0.15, -0.1) is 0 Å². The van der Waals surface area contributed by atoms with Gasteiger partial charge in [-0.25, -0.2) is 4.98 Å². The van der Waals surface area contributed by atoms with Gasteiger partial charge in [-0.1, -0.05) is 35.6 Å².